The van der Waals surface area contributed by atoms with Gasteiger partial charge in [0.15, 0.2) is 0 Å². The molecule has 0 spiro atoms. The van der Waals surface area contributed by atoms with Gasteiger partial charge < -0.3 is 10.7 Å². The number of anilines is 2. The minimum atomic E-state index is -0.605. The fourth-order valence-corrected chi connectivity index (χ4v) is 2.51. The van der Waals surface area contributed by atoms with Gasteiger partial charge in [-0.3, -0.25) is 10.6 Å². The second-order valence-corrected chi connectivity index (χ2v) is 5.60. The molecule has 0 unspecified atom stereocenters. The third-order valence-corrected chi connectivity index (χ3v) is 3.96. The third-order valence-electron chi connectivity index (χ3n) is 2.90. The molecule has 0 aliphatic rings. The highest BCUT2D eigenvalue weighted by atomic mass is 79.9. The summed E-state index contributed by atoms with van der Waals surface area (Å²) in [7, 11) is 0. The van der Waals surface area contributed by atoms with Crippen LogP contribution >= 0.6 is 27.5 Å². The Kier molecular flexibility index (Phi) is 4.82. The summed E-state index contributed by atoms with van der Waals surface area (Å²) < 4.78 is 14.3. The summed E-state index contributed by atoms with van der Waals surface area (Å²) in [5, 5.41) is 3.18. The van der Waals surface area contributed by atoms with Crippen LogP contribution in [0, 0.1) is 12.7 Å². The molecule has 0 aliphatic heterocycles. The van der Waals surface area contributed by atoms with Crippen LogP contribution in [0.15, 0.2) is 34.8 Å². The number of rotatable bonds is 3. The highest BCUT2D eigenvalue weighted by molar-refractivity contribution is 9.10. The minimum absolute atomic E-state index is 0.0654. The van der Waals surface area contributed by atoms with E-state index in [9.17, 15) is 9.18 Å². The number of halogens is 3. The summed E-state index contributed by atoms with van der Waals surface area (Å²) in [6, 6.07) is 7.52. The molecule has 0 heterocycles. The van der Waals surface area contributed by atoms with Crippen LogP contribution in [0.1, 0.15) is 15.9 Å². The third kappa shape index (κ3) is 3.34. The van der Waals surface area contributed by atoms with Gasteiger partial charge in [-0.15, -0.1) is 0 Å². The molecule has 2 rings (SSSR count). The molecule has 2 aromatic carbocycles. The molecule has 0 radical (unpaired) electrons. The molecule has 0 atom stereocenters. The topological polar surface area (TPSA) is 67.2 Å². The standard InChI is InChI=1S/C14H12BrClFN3O/c1-7-5-9(15)12(6-10(7)16)19-14(21)8-3-2-4-11(17)13(8)20-18/h2-6,20H,18H2,1H3,(H,19,21). The zero-order chi connectivity index (χ0) is 15.6. The van der Waals surface area contributed by atoms with Crippen molar-refractivity contribution in [3.05, 3.63) is 56.8 Å². The molecular formula is C14H12BrClFN3O. The van der Waals surface area contributed by atoms with Crippen molar-refractivity contribution in [2.24, 2.45) is 5.84 Å². The second kappa shape index (κ2) is 6.43. The first-order chi connectivity index (χ1) is 9.93. The van der Waals surface area contributed by atoms with Gasteiger partial charge in [-0.1, -0.05) is 17.7 Å². The van der Waals surface area contributed by atoms with Gasteiger partial charge >= 0.3 is 0 Å². The number of nitrogens with two attached hydrogens (primary N) is 1. The SMILES string of the molecule is Cc1cc(Br)c(NC(=O)c2cccc(F)c2NN)cc1Cl. The lowest BCUT2D eigenvalue weighted by Crippen LogP contribution is -2.18. The molecule has 0 aliphatic carbocycles. The predicted octanol–water partition coefficient (Wildman–Crippen LogP) is 4.09. The van der Waals surface area contributed by atoms with Crippen LogP contribution < -0.4 is 16.6 Å². The largest absolute Gasteiger partial charge is 0.321 e. The number of para-hydroxylation sites is 1. The summed E-state index contributed by atoms with van der Waals surface area (Å²) in [5.74, 6) is 4.15. The number of nitrogens with one attached hydrogen (secondary N) is 2. The molecule has 0 fully saturated rings. The monoisotopic (exact) mass is 371 g/mol. The molecule has 0 aromatic heterocycles. The molecule has 1 amide bonds. The Morgan fingerprint density at radius 3 is 2.76 bits per heavy atom. The van der Waals surface area contributed by atoms with E-state index in [1.165, 1.54) is 18.2 Å². The minimum Gasteiger partial charge on any atom is -0.321 e. The Morgan fingerprint density at radius 2 is 2.10 bits per heavy atom. The van der Waals surface area contributed by atoms with Crippen molar-refractivity contribution >= 4 is 44.8 Å². The smallest absolute Gasteiger partial charge is 0.257 e. The number of hydrazine groups is 1. The fraction of sp³-hybridized carbons (Fsp3) is 0.0714. The molecule has 4 nitrogen and oxygen atoms in total. The lowest BCUT2D eigenvalue weighted by Gasteiger charge is -2.12. The molecule has 7 heteroatoms. The maximum atomic E-state index is 13.6. The fourth-order valence-electron chi connectivity index (χ4n) is 1.79. The van der Waals surface area contributed by atoms with E-state index in [0.717, 1.165) is 5.56 Å². The molecule has 0 saturated heterocycles. The van der Waals surface area contributed by atoms with Crippen LogP contribution in [0.3, 0.4) is 0 Å². The van der Waals surface area contributed by atoms with Crippen molar-refractivity contribution in [2.45, 2.75) is 6.92 Å². The van der Waals surface area contributed by atoms with Gasteiger partial charge in [0.05, 0.1) is 16.9 Å². The van der Waals surface area contributed by atoms with Crippen LogP contribution in [0.25, 0.3) is 0 Å². The van der Waals surface area contributed by atoms with E-state index in [2.05, 4.69) is 26.7 Å². The normalized spacial score (nSPS) is 10.3. The van der Waals surface area contributed by atoms with Crippen molar-refractivity contribution in [3.63, 3.8) is 0 Å². The van der Waals surface area contributed by atoms with E-state index >= 15 is 0 Å². The molecule has 110 valence electrons. The van der Waals surface area contributed by atoms with E-state index in [-0.39, 0.29) is 11.3 Å². The average Bonchev–Trinajstić information content (AvgIpc) is 2.44. The van der Waals surface area contributed by atoms with Gasteiger partial charge in [-0.25, -0.2) is 4.39 Å². The van der Waals surface area contributed by atoms with Crippen LogP contribution in [0.2, 0.25) is 5.02 Å². The van der Waals surface area contributed by atoms with Crippen LogP contribution in [-0.2, 0) is 0 Å². The molecule has 0 saturated carbocycles. The van der Waals surface area contributed by atoms with Gasteiger partial charge in [-0.2, -0.15) is 0 Å². The van der Waals surface area contributed by atoms with Crippen molar-refractivity contribution in [2.75, 3.05) is 10.7 Å². The Morgan fingerprint density at radius 1 is 1.38 bits per heavy atom. The van der Waals surface area contributed by atoms with Gasteiger partial charge in [0.25, 0.3) is 5.91 Å². The van der Waals surface area contributed by atoms with Gasteiger partial charge in [-0.05, 0) is 52.7 Å². The Labute approximate surface area is 134 Å². The second-order valence-electron chi connectivity index (χ2n) is 4.34. The number of aryl methyl sites for hydroxylation is 1. The van der Waals surface area contributed by atoms with Crippen LogP contribution in [0.5, 0.6) is 0 Å². The number of hydrogen-bond acceptors (Lipinski definition) is 3. The lowest BCUT2D eigenvalue weighted by molar-refractivity contribution is 0.102. The number of amides is 1. The maximum absolute atomic E-state index is 13.6. The summed E-state index contributed by atoms with van der Waals surface area (Å²) in [4.78, 5) is 12.3. The molecule has 4 N–H and O–H groups in total. The quantitative estimate of drug-likeness (QED) is 0.561. The predicted molar refractivity (Wildman–Crippen MR) is 86.1 cm³/mol. The van der Waals surface area contributed by atoms with E-state index in [0.29, 0.717) is 15.2 Å². The first-order valence-corrected chi connectivity index (χ1v) is 7.13. The summed E-state index contributed by atoms with van der Waals surface area (Å²) in [5.41, 5.74) is 3.59. The first-order valence-electron chi connectivity index (χ1n) is 5.96. The summed E-state index contributed by atoms with van der Waals surface area (Å²) in [6.45, 7) is 1.85. The molecule has 0 bridgehead atoms. The number of carbonyl (C=O) groups is 1. The van der Waals surface area contributed by atoms with Crippen molar-refractivity contribution in [1.29, 1.82) is 0 Å². The number of nitrogen functional groups attached to an aromatic ring is 1. The van der Waals surface area contributed by atoms with E-state index in [4.69, 9.17) is 17.4 Å². The Bertz CT molecular complexity index is 709. The summed E-state index contributed by atoms with van der Waals surface area (Å²) in [6.07, 6.45) is 0. The van der Waals surface area contributed by atoms with E-state index in [1.54, 1.807) is 12.1 Å². The first kappa shape index (κ1) is 15.8. The zero-order valence-electron chi connectivity index (χ0n) is 11.0. The molecular weight excluding hydrogens is 361 g/mol. The van der Waals surface area contributed by atoms with E-state index in [1.807, 2.05) is 6.92 Å². The number of hydrogen-bond donors (Lipinski definition) is 3. The number of benzene rings is 2. The zero-order valence-corrected chi connectivity index (χ0v) is 13.3. The van der Waals surface area contributed by atoms with Crippen molar-refractivity contribution in [1.82, 2.24) is 0 Å². The van der Waals surface area contributed by atoms with Crippen LogP contribution in [-0.4, -0.2) is 5.91 Å². The van der Waals surface area contributed by atoms with Crippen molar-refractivity contribution in [3.8, 4) is 0 Å². The highest BCUT2D eigenvalue weighted by Crippen LogP contribution is 2.30. The van der Waals surface area contributed by atoms with Crippen LogP contribution in [0.4, 0.5) is 15.8 Å². The van der Waals surface area contributed by atoms with Gasteiger partial charge in [0.2, 0.25) is 0 Å². The Balaban J connectivity index is 2.35. The average molecular weight is 373 g/mol. The Hall–Kier alpha value is -1.63. The maximum Gasteiger partial charge on any atom is 0.257 e. The van der Waals surface area contributed by atoms with Gasteiger partial charge in [0, 0.05) is 9.50 Å². The lowest BCUT2D eigenvalue weighted by atomic mass is 10.1. The van der Waals surface area contributed by atoms with E-state index < -0.39 is 11.7 Å². The molecule has 2 aromatic rings. The molecule has 21 heavy (non-hydrogen) atoms. The van der Waals surface area contributed by atoms with Crippen molar-refractivity contribution < 1.29 is 9.18 Å². The highest BCUT2D eigenvalue weighted by Gasteiger charge is 2.16. The summed E-state index contributed by atoms with van der Waals surface area (Å²) >= 11 is 9.38. The van der Waals surface area contributed by atoms with Gasteiger partial charge in [0.1, 0.15) is 5.82 Å². The number of carbonyl (C=O) groups excluding carboxylic acids is 1.